The molecule has 4 heavy (non-hydrogen) atoms. The van der Waals surface area contributed by atoms with Crippen molar-refractivity contribution in [1.82, 2.24) is 0 Å². The monoisotopic (exact) mass is 112 g/mol. The van der Waals surface area contributed by atoms with E-state index >= 15 is 0 Å². The molecule has 0 aromatic heterocycles. The van der Waals surface area contributed by atoms with Crippen molar-refractivity contribution in [3.63, 3.8) is 0 Å². The Kier molecular flexibility index (Phi) is 20.3. The molecule has 0 N–H and O–H groups in total. The van der Waals surface area contributed by atoms with Crippen molar-refractivity contribution in [3.05, 3.63) is 0 Å². The van der Waals surface area contributed by atoms with Gasteiger partial charge in [-0.1, -0.05) is 0 Å². The van der Waals surface area contributed by atoms with Crippen LogP contribution in [0.1, 0.15) is 0 Å². The van der Waals surface area contributed by atoms with Crippen LogP contribution in [-0.2, 0) is 4.12 Å². The van der Waals surface area contributed by atoms with E-state index in [2.05, 4.69) is 4.12 Å². The van der Waals surface area contributed by atoms with Gasteiger partial charge in [0, 0.05) is 0 Å². The van der Waals surface area contributed by atoms with Gasteiger partial charge in [-0.2, -0.15) is 9.90 Å². The van der Waals surface area contributed by atoms with Gasteiger partial charge in [-0.3, -0.25) is 0 Å². The van der Waals surface area contributed by atoms with Gasteiger partial charge in [0.1, 0.15) is 21.0 Å². The van der Waals surface area contributed by atoms with Crippen molar-refractivity contribution in [2.24, 2.45) is 0 Å². The molecule has 0 aliphatic heterocycles. The summed E-state index contributed by atoms with van der Waals surface area (Å²) in [5, 5.41) is 0. The zero-order valence-electron chi connectivity index (χ0n) is 3.12. The van der Waals surface area contributed by atoms with E-state index in [1.807, 2.05) is 0 Å². The lowest BCUT2D eigenvalue weighted by Gasteiger charge is -1.62. The van der Waals surface area contributed by atoms with Gasteiger partial charge in [0.15, 0.2) is 0 Å². The fourth-order valence-electron chi connectivity index (χ4n) is 0. The van der Waals surface area contributed by atoms with E-state index in [4.69, 9.17) is 0 Å². The maximum atomic E-state index is 4.53. The number of rotatable bonds is 0. The highest BCUT2D eigenvalue weighted by Crippen LogP contribution is 1.20. The molecule has 0 aliphatic carbocycles. The van der Waals surface area contributed by atoms with Crippen LogP contribution in [0.25, 0.3) is 0 Å². The molecular weight excluding hydrogens is 103 g/mol. The Morgan fingerprint density at radius 2 is 1.25 bits per heavy atom. The molecule has 0 saturated heterocycles. The summed E-state index contributed by atoms with van der Waals surface area (Å²) in [6.07, 6.45) is 0. The summed E-state index contributed by atoms with van der Waals surface area (Å²) >= 11 is 0. The van der Waals surface area contributed by atoms with Gasteiger partial charge in [0.05, 0.1) is 0 Å². The molecule has 1 nitrogen and oxygen atoms in total. The van der Waals surface area contributed by atoms with Gasteiger partial charge in [-0.15, -0.1) is 0 Å². The largest absolute Gasteiger partial charge is 0.471 e. The van der Waals surface area contributed by atoms with Gasteiger partial charge < -0.3 is 4.12 Å². The highest BCUT2D eigenvalue weighted by atomic mass is 31.0. The van der Waals surface area contributed by atoms with Crippen LogP contribution in [0.4, 0.5) is 0 Å². The van der Waals surface area contributed by atoms with E-state index in [1.165, 1.54) is 0 Å². The van der Waals surface area contributed by atoms with Crippen LogP contribution in [0, 0.1) is 0 Å². The van der Waals surface area contributed by atoms with Crippen molar-refractivity contribution in [1.29, 1.82) is 0 Å². The van der Waals surface area contributed by atoms with Crippen LogP contribution < -0.4 is 0 Å². The first kappa shape index (κ1) is 8.85. The third-order valence-electron chi connectivity index (χ3n) is 0. The fraction of sp³-hybridized carbons (Fsp3) is 0. The minimum absolute atomic E-state index is 0. The second-order valence-electron chi connectivity index (χ2n) is 0.408. The molecular formula is H9OPSi2. The Labute approximate surface area is 35.8 Å². The lowest BCUT2D eigenvalue weighted by atomic mass is 15.8. The van der Waals surface area contributed by atoms with Crippen LogP contribution in [0.15, 0.2) is 0 Å². The molecule has 4 heteroatoms. The molecule has 0 saturated carbocycles. The van der Waals surface area contributed by atoms with E-state index in [0.717, 1.165) is 21.0 Å². The van der Waals surface area contributed by atoms with E-state index in [9.17, 15) is 0 Å². The van der Waals surface area contributed by atoms with Crippen LogP contribution in [0.5, 0.6) is 0 Å². The van der Waals surface area contributed by atoms with Gasteiger partial charge in [-0.05, 0) is 0 Å². The molecule has 0 rings (SSSR count). The Bertz CT molecular complexity index is 6.00. The van der Waals surface area contributed by atoms with E-state index in [-0.39, 0.29) is 9.90 Å². The smallest absolute Gasteiger partial charge is 0.129 e. The summed E-state index contributed by atoms with van der Waals surface area (Å²) in [6.45, 7) is 0. The standard InChI is InChI=1S/H6OSi2.H3P/c2-1-3;/h2-3H3;1H3. The summed E-state index contributed by atoms with van der Waals surface area (Å²) < 4.78 is 4.53. The van der Waals surface area contributed by atoms with Crippen LogP contribution in [0.2, 0.25) is 0 Å². The van der Waals surface area contributed by atoms with Gasteiger partial charge in [0.25, 0.3) is 0 Å². The fourth-order valence-corrected chi connectivity index (χ4v) is 0. The summed E-state index contributed by atoms with van der Waals surface area (Å²) in [5.74, 6) is 0. The topological polar surface area (TPSA) is 9.23 Å². The van der Waals surface area contributed by atoms with Crippen LogP contribution in [0.3, 0.4) is 0 Å². The molecule has 0 bridgehead atoms. The van der Waals surface area contributed by atoms with Crippen molar-refractivity contribution in [2.45, 2.75) is 0 Å². The predicted molar refractivity (Wildman–Crippen MR) is 32.1 cm³/mol. The first-order valence-electron chi connectivity index (χ1n) is 0.816. The molecule has 0 amide bonds. The van der Waals surface area contributed by atoms with E-state index in [0.29, 0.717) is 0 Å². The van der Waals surface area contributed by atoms with Crippen molar-refractivity contribution in [2.75, 3.05) is 0 Å². The Balaban J connectivity index is 0. The van der Waals surface area contributed by atoms with Crippen molar-refractivity contribution >= 4 is 30.9 Å². The third-order valence-corrected chi connectivity index (χ3v) is 0. The first-order chi connectivity index (χ1) is 1.41. The minimum atomic E-state index is 0. The molecule has 0 heterocycles. The predicted octanol–water partition coefficient (Wildman–Crippen LogP) is -2.38. The summed E-state index contributed by atoms with van der Waals surface area (Å²) in [4.78, 5) is 0. The normalized spacial score (nSPS) is 6.00. The molecule has 0 aliphatic rings. The lowest BCUT2D eigenvalue weighted by molar-refractivity contribution is 0.690. The average molecular weight is 112 g/mol. The van der Waals surface area contributed by atoms with Crippen LogP contribution in [-0.4, -0.2) is 21.0 Å². The molecule has 1 unspecified atom stereocenters. The Morgan fingerprint density at radius 3 is 1.25 bits per heavy atom. The van der Waals surface area contributed by atoms with Crippen molar-refractivity contribution < 1.29 is 4.12 Å². The van der Waals surface area contributed by atoms with Crippen LogP contribution >= 0.6 is 9.90 Å². The Hall–Kier alpha value is 0.824. The van der Waals surface area contributed by atoms with Gasteiger partial charge in [0.2, 0.25) is 0 Å². The Morgan fingerprint density at radius 1 is 1.25 bits per heavy atom. The van der Waals surface area contributed by atoms with E-state index < -0.39 is 0 Å². The number of hydrogen-bond donors (Lipinski definition) is 0. The third kappa shape index (κ3) is 13.8. The van der Waals surface area contributed by atoms with E-state index in [1.54, 1.807) is 0 Å². The average Bonchev–Trinajstić information content (AvgIpc) is 0.918. The minimum Gasteiger partial charge on any atom is -0.471 e. The van der Waals surface area contributed by atoms with Crippen molar-refractivity contribution in [3.8, 4) is 0 Å². The molecule has 0 spiro atoms. The highest BCUT2D eigenvalue weighted by molar-refractivity contribution is 6.92. The maximum Gasteiger partial charge on any atom is 0.129 e. The summed E-state index contributed by atoms with van der Waals surface area (Å²) in [7, 11) is 1.86. The first-order valence-corrected chi connectivity index (χ1v) is 2.45. The molecule has 1 atom stereocenters. The SMILES string of the molecule is P.[SiH3]O[SiH3]. The molecule has 28 valence electrons. The highest BCUT2D eigenvalue weighted by Gasteiger charge is 1.28. The second-order valence-corrected chi connectivity index (χ2v) is 3.67. The number of hydrogen-bond acceptors (Lipinski definition) is 1. The molecule has 0 radical (unpaired) electrons. The quantitative estimate of drug-likeness (QED) is 0.251. The summed E-state index contributed by atoms with van der Waals surface area (Å²) in [6, 6.07) is 0. The zero-order valence-corrected chi connectivity index (χ0v) is 8.53. The maximum absolute atomic E-state index is 4.53. The van der Waals surface area contributed by atoms with Gasteiger partial charge >= 0.3 is 0 Å². The molecule has 0 fully saturated rings. The zero-order chi connectivity index (χ0) is 2.71. The van der Waals surface area contributed by atoms with Gasteiger partial charge in [-0.25, -0.2) is 0 Å². The molecule has 0 aromatic rings. The lowest BCUT2D eigenvalue weighted by Crippen LogP contribution is -1.65. The summed E-state index contributed by atoms with van der Waals surface area (Å²) in [5.41, 5.74) is 0. The second kappa shape index (κ2) is 9.17. The molecule has 0 aromatic carbocycles.